The quantitative estimate of drug-likeness (QED) is 0.375. The maximum absolute atomic E-state index is 11.2. The van der Waals surface area contributed by atoms with Crippen LogP contribution in [0.2, 0.25) is 0 Å². The van der Waals surface area contributed by atoms with E-state index in [1.807, 2.05) is 0 Å². The van der Waals surface area contributed by atoms with Crippen LogP contribution in [-0.2, 0) is 9.59 Å². The lowest BCUT2D eigenvalue weighted by Crippen LogP contribution is -2.58. The van der Waals surface area contributed by atoms with E-state index in [2.05, 4.69) is 40.6 Å². The number of fused-ring (bicyclic) bond motifs is 2. The summed E-state index contributed by atoms with van der Waals surface area (Å²) >= 11 is 0. The summed E-state index contributed by atoms with van der Waals surface area (Å²) in [4.78, 5) is 45.4. The summed E-state index contributed by atoms with van der Waals surface area (Å²) in [6.07, 6.45) is 2.57. The highest BCUT2D eigenvalue weighted by molar-refractivity contribution is 6.70. The van der Waals surface area contributed by atoms with Crippen molar-refractivity contribution in [2.24, 2.45) is 41.4 Å². The van der Waals surface area contributed by atoms with E-state index in [-0.39, 0.29) is 23.2 Å². The van der Waals surface area contributed by atoms with Gasteiger partial charge in [0.2, 0.25) is 0 Å². The highest BCUT2D eigenvalue weighted by Crippen LogP contribution is 2.09. The van der Waals surface area contributed by atoms with Gasteiger partial charge in [-0.25, -0.2) is 30.0 Å². The number of aliphatic imine (C=N–C) groups is 6. The number of nitrogens with one attached hydrogen (secondary N) is 2. The number of amides is 2. The molecule has 0 radical (unpaired) electrons. The molecule has 4 heterocycles. The highest BCUT2D eigenvalue weighted by atomic mass is 16.2. The van der Waals surface area contributed by atoms with Crippen molar-refractivity contribution in [1.82, 2.24) is 10.6 Å². The minimum absolute atomic E-state index is 0.234. The number of nitrogens with zero attached hydrogens (tertiary/aromatic N) is 6. The molecule has 2 amide bonds. The summed E-state index contributed by atoms with van der Waals surface area (Å²) in [6.45, 7) is 3.17. The molecular formula is C12H14N10O2. The molecule has 12 nitrogen and oxygen atoms in total. The summed E-state index contributed by atoms with van der Waals surface area (Å²) < 4.78 is 0. The average Bonchev–Trinajstić information content (AvgIpc) is 3.05. The molecule has 4 aliphatic heterocycles. The van der Waals surface area contributed by atoms with Gasteiger partial charge >= 0.3 is 0 Å². The Morgan fingerprint density at radius 3 is 1.58 bits per heavy atom. The Morgan fingerprint density at radius 1 is 0.833 bits per heavy atom. The lowest BCUT2D eigenvalue weighted by molar-refractivity contribution is -0.117. The van der Waals surface area contributed by atoms with Gasteiger partial charge in [0.15, 0.2) is 34.7 Å². The normalized spacial score (nSPS) is 32.3. The summed E-state index contributed by atoms with van der Waals surface area (Å²) in [5.41, 5.74) is 11.6. The Morgan fingerprint density at radius 2 is 1.21 bits per heavy atom. The van der Waals surface area contributed by atoms with Crippen molar-refractivity contribution in [3.05, 3.63) is 0 Å². The van der Waals surface area contributed by atoms with E-state index in [0.717, 1.165) is 0 Å². The second-order valence-corrected chi connectivity index (χ2v) is 5.52. The molecular weight excluding hydrogens is 316 g/mol. The largest absolute Gasteiger partial charge is 0.314 e. The van der Waals surface area contributed by atoms with Gasteiger partial charge in [0, 0.05) is 0 Å². The second kappa shape index (κ2) is 5.21. The number of hydrogen-bond donors (Lipinski definition) is 4. The molecule has 0 aliphatic carbocycles. The van der Waals surface area contributed by atoms with E-state index in [9.17, 15) is 9.59 Å². The standard InChI is InChI=1S/2C6H7N5O/c2*1-6(7)10-4-3(5(12)11-6)8-2-9-4/h2*2H,7H2,1H3,(H,11,12). The number of carbonyl (C=O) groups excluding carboxylic acids is 2. The smallest absolute Gasteiger partial charge is 0.276 e. The monoisotopic (exact) mass is 330 g/mol. The molecule has 0 aromatic heterocycles. The Hall–Kier alpha value is -3.12. The van der Waals surface area contributed by atoms with Crippen molar-refractivity contribution < 1.29 is 9.59 Å². The third-order valence-electron chi connectivity index (χ3n) is 3.00. The SMILES string of the molecule is CC1(N)N=C2N=CN=C2C(=O)N1.CC1(N)N=C2N=CN=C2C(=O)N1. The zero-order valence-electron chi connectivity index (χ0n) is 12.8. The van der Waals surface area contributed by atoms with Crippen LogP contribution in [0.15, 0.2) is 30.0 Å². The van der Waals surface area contributed by atoms with Gasteiger partial charge in [-0.2, -0.15) is 0 Å². The molecule has 0 aromatic rings. The molecule has 0 saturated heterocycles. The molecule has 24 heavy (non-hydrogen) atoms. The summed E-state index contributed by atoms with van der Waals surface area (Å²) in [5, 5.41) is 4.94. The van der Waals surface area contributed by atoms with Crippen molar-refractivity contribution in [2.45, 2.75) is 25.4 Å². The van der Waals surface area contributed by atoms with Crippen molar-refractivity contribution in [2.75, 3.05) is 0 Å². The third kappa shape index (κ3) is 3.00. The molecule has 12 heteroatoms. The van der Waals surface area contributed by atoms with Crippen molar-refractivity contribution >= 4 is 47.6 Å². The van der Waals surface area contributed by atoms with Crippen LogP contribution in [0.4, 0.5) is 0 Å². The molecule has 4 aliphatic rings. The molecule has 2 atom stereocenters. The first-order valence-electron chi connectivity index (χ1n) is 6.81. The lowest BCUT2D eigenvalue weighted by Gasteiger charge is -2.25. The summed E-state index contributed by atoms with van der Waals surface area (Å²) in [7, 11) is 0. The Bertz CT molecular complexity index is 744. The lowest BCUT2D eigenvalue weighted by atomic mass is 10.2. The minimum Gasteiger partial charge on any atom is -0.314 e. The molecule has 0 saturated carbocycles. The fraction of sp³-hybridized carbons (Fsp3) is 0.333. The molecule has 0 spiro atoms. The molecule has 0 aromatic carbocycles. The van der Waals surface area contributed by atoms with Gasteiger partial charge in [-0.05, 0) is 13.8 Å². The number of carbonyl (C=O) groups is 2. The first-order valence-corrected chi connectivity index (χ1v) is 6.81. The maximum Gasteiger partial charge on any atom is 0.276 e. The molecule has 4 rings (SSSR count). The third-order valence-corrected chi connectivity index (χ3v) is 3.00. The van der Waals surface area contributed by atoms with Gasteiger partial charge in [-0.1, -0.05) is 0 Å². The molecule has 2 unspecified atom stereocenters. The summed E-state index contributed by atoms with van der Waals surface area (Å²) in [5.74, 6) is -2.17. The van der Waals surface area contributed by atoms with E-state index in [1.165, 1.54) is 12.7 Å². The number of hydrogen-bond acceptors (Lipinski definition) is 10. The van der Waals surface area contributed by atoms with Crippen LogP contribution in [0, 0.1) is 0 Å². The van der Waals surface area contributed by atoms with Crippen molar-refractivity contribution in [3.8, 4) is 0 Å². The number of amidine groups is 2. The van der Waals surface area contributed by atoms with Crippen molar-refractivity contribution in [3.63, 3.8) is 0 Å². The van der Waals surface area contributed by atoms with Crippen LogP contribution >= 0.6 is 0 Å². The van der Waals surface area contributed by atoms with E-state index < -0.39 is 11.6 Å². The second-order valence-electron chi connectivity index (χ2n) is 5.52. The predicted molar refractivity (Wildman–Crippen MR) is 88.2 cm³/mol. The predicted octanol–water partition coefficient (Wildman–Crippen LogP) is -2.74. The van der Waals surface area contributed by atoms with Gasteiger partial charge in [0.25, 0.3) is 11.8 Å². The highest BCUT2D eigenvalue weighted by Gasteiger charge is 2.34. The van der Waals surface area contributed by atoms with Crippen LogP contribution in [0.3, 0.4) is 0 Å². The van der Waals surface area contributed by atoms with E-state index in [1.54, 1.807) is 13.8 Å². The van der Waals surface area contributed by atoms with Crippen LogP contribution in [0.1, 0.15) is 13.8 Å². The molecule has 6 N–H and O–H groups in total. The molecule has 0 fully saturated rings. The van der Waals surface area contributed by atoms with E-state index >= 15 is 0 Å². The van der Waals surface area contributed by atoms with Crippen molar-refractivity contribution in [1.29, 1.82) is 0 Å². The first-order chi connectivity index (χ1) is 11.2. The average molecular weight is 330 g/mol. The Kier molecular flexibility index (Phi) is 3.42. The zero-order valence-corrected chi connectivity index (χ0v) is 12.8. The van der Waals surface area contributed by atoms with Gasteiger partial charge in [0.05, 0.1) is 0 Å². The molecule has 124 valence electrons. The number of rotatable bonds is 0. The van der Waals surface area contributed by atoms with E-state index in [0.29, 0.717) is 11.7 Å². The van der Waals surface area contributed by atoms with Crippen LogP contribution in [0.5, 0.6) is 0 Å². The fourth-order valence-electron chi connectivity index (χ4n) is 2.08. The summed E-state index contributed by atoms with van der Waals surface area (Å²) in [6, 6.07) is 0. The van der Waals surface area contributed by atoms with Crippen LogP contribution < -0.4 is 22.1 Å². The Labute approximate surface area is 135 Å². The number of nitrogens with two attached hydrogens (primary N) is 2. The van der Waals surface area contributed by atoms with E-state index in [4.69, 9.17) is 11.5 Å². The van der Waals surface area contributed by atoms with Crippen LogP contribution in [-0.4, -0.2) is 59.2 Å². The van der Waals surface area contributed by atoms with Crippen LogP contribution in [0.25, 0.3) is 0 Å². The minimum atomic E-state index is -1.06. The topological polar surface area (TPSA) is 184 Å². The van der Waals surface area contributed by atoms with Gasteiger partial charge in [0.1, 0.15) is 12.7 Å². The molecule has 0 bridgehead atoms. The zero-order chi connectivity index (χ0) is 17.5. The van der Waals surface area contributed by atoms with Gasteiger partial charge in [-0.15, -0.1) is 0 Å². The van der Waals surface area contributed by atoms with Gasteiger partial charge < -0.3 is 10.6 Å². The maximum atomic E-state index is 11.2. The first kappa shape index (κ1) is 15.8. The Balaban J connectivity index is 0.000000141. The fourth-order valence-corrected chi connectivity index (χ4v) is 2.08. The van der Waals surface area contributed by atoms with Gasteiger partial charge in [-0.3, -0.25) is 21.1 Å².